The minimum atomic E-state index is -0.101. The Morgan fingerprint density at radius 1 is 1.29 bits per heavy atom. The van der Waals surface area contributed by atoms with Gasteiger partial charge in [-0.15, -0.1) is 0 Å². The van der Waals surface area contributed by atoms with Gasteiger partial charge in [-0.3, -0.25) is 4.79 Å². The van der Waals surface area contributed by atoms with Crippen molar-refractivity contribution < 1.29 is 14.3 Å². The number of hydrogen-bond acceptors (Lipinski definition) is 5. The smallest absolute Gasteiger partial charge is 0.230 e. The number of nitrogens with one attached hydrogen (secondary N) is 1. The van der Waals surface area contributed by atoms with Gasteiger partial charge in [0, 0.05) is 13.1 Å². The standard InChI is InChI=1S/C17H24N2O3S2/c1-4-19(5-2)17(23)24-11-16(20)18-12(3)13-6-7-14-15(10-13)22-9-8-21-14/h6-7,10,12H,4-5,8-9,11H2,1-3H3,(H,18,20)/t12-/m1/s1. The van der Waals surface area contributed by atoms with Gasteiger partial charge < -0.3 is 19.7 Å². The monoisotopic (exact) mass is 368 g/mol. The highest BCUT2D eigenvalue weighted by Gasteiger charge is 2.16. The van der Waals surface area contributed by atoms with Crippen LogP contribution in [0.15, 0.2) is 18.2 Å². The molecule has 0 spiro atoms. The van der Waals surface area contributed by atoms with Crippen molar-refractivity contribution in [1.82, 2.24) is 10.2 Å². The second kappa shape index (κ2) is 9.13. The molecule has 0 radical (unpaired) electrons. The van der Waals surface area contributed by atoms with Crippen LogP contribution < -0.4 is 14.8 Å². The quantitative estimate of drug-likeness (QED) is 0.779. The fourth-order valence-corrected chi connectivity index (χ4v) is 3.61. The highest BCUT2D eigenvalue weighted by atomic mass is 32.2. The van der Waals surface area contributed by atoms with Gasteiger partial charge in [0.25, 0.3) is 0 Å². The summed E-state index contributed by atoms with van der Waals surface area (Å²) in [5.74, 6) is 1.78. The van der Waals surface area contributed by atoms with E-state index in [1.165, 1.54) is 11.8 Å². The van der Waals surface area contributed by atoms with Gasteiger partial charge in [0.2, 0.25) is 5.91 Å². The van der Waals surface area contributed by atoms with Crippen LogP contribution in [-0.4, -0.2) is 47.2 Å². The van der Waals surface area contributed by atoms with Crippen LogP contribution in [0.3, 0.4) is 0 Å². The predicted molar refractivity (Wildman–Crippen MR) is 102 cm³/mol. The van der Waals surface area contributed by atoms with E-state index < -0.39 is 0 Å². The van der Waals surface area contributed by atoms with Crippen LogP contribution in [-0.2, 0) is 4.79 Å². The summed E-state index contributed by atoms with van der Waals surface area (Å²) < 4.78 is 11.9. The Hall–Kier alpha value is -1.47. The normalized spacial score (nSPS) is 14.0. The molecule has 0 aliphatic carbocycles. The number of ether oxygens (including phenoxy) is 2. The zero-order valence-electron chi connectivity index (χ0n) is 14.3. The maximum atomic E-state index is 12.2. The van der Waals surface area contributed by atoms with E-state index in [1.807, 2.05) is 25.1 Å². The van der Waals surface area contributed by atoms with Crippen molar-refractivity contribution in [1.29, 1.82) is 0 Å². The van der Waals surface area contributed by atoms with Gasteiger partial charge in [-0.2, -0.15) is 0 Å². The Bertz CT molecular complexity index is 591. The summed E-state index contributed by atoms with van der Waals surface area (Å²) in [5.41, 5.74) is 0.990. The number of amides is 1. The number of hydrogen-bond donors (Lipinski definition) is 1. The fraction of sp³-hybridized carbons (Fsp3) is 0.529. The van der Waals surface area contributed by atoms with Crippen LogP contribution in [0.25, 0.3) is 0 Å². The molecule has 1 N–H and O–H groups in total. The molecule has 24 heavy (non-hydrogen) atoms. The Morgan fingerprint density at radius 2 is 1.96 bits per heavy atom. The number of benzene rings is 1. The molecule has 1 aromatic rings. The molecule has 0 fully saturated rings. The molecule has 1 aromatic carbocycles. The minimum absolute atomic E-state index is 0.0307. The first kappa shape index (κ1) is 18.9. The molecule has 1 amide bonds. The summed E-state index contributed by atoms with van der Waals surface area (Å²) in [6.07, 6.45) is 0. The van der Waals surface area contributed by atoms with Gasteiger partial charge in [-0.1, -0.05) is 30.0 Å². The van der Waals surface area contributed by atoms with Crippen molar-refractivity contribution in [3.05, 3.63) is 23.8 Å². The molecule has 0 aromatic heterocycles. The molecule has 1 atom stereocenters. The molecule has 1 aliphatic rings. The molecule has 0 saturated heterocycles. The molecule has 1 aliphatic heterocycles. The Kier molecular flexibility index (Phi) is 7.17. The van der Waals surface area contributed by atoms with Crippen molar-refractivity contribution in [3.63, 3.8) is 0 Å². The van der Waals surface area contributed by atoms with Gasteiger partial charge >= 0.3 is 0 Å². The van der Waals surface area contributed by atoms with Crippen molar-refractivity contribution in [2.75, 3.05) is 32.1 Å². The Labute approximate surface area is 153 Å². The number of nitrogens with zero attached hydrogens (tertiary/aromatic N) is 1. The van der Waals surface area contributed by atoms with E-state index in [1.54, 1.807) is 0 Å². The molecule has 5 nitrogen and oxygen atoms in total. The maximum absolute atomic E-state index is 12.2. The second-order valence-electron chi connectivity index (χ2n) is 5.42. The first-order valence-corrected chi connectivity index (χ1v) is 9.55. The SMILES string of the molecule is CCN(CC)C(=S)SCC(=O)N[C@H](C)c1ccc2c(c1)OCCO2. The summed E-state index contributed by atoms with van der Waals surface area (Å²) in [7, 11) is 0. The first-order chi connectivity index (χ1) is 11.5. The molecule has 1 heterocycles. The van der Waals surface area contributed by atoms with E-state index >= 15 is 0 Å². The number of carbonyl (C=O) groups is 1. The van der Waals surface area contributed by atoms with E-state index in [0.717, 1.165) is 34.5 Å². The van der Waals surface area contributed by atoms with Gasteiger partial charge in [0.1, 0.15) is 17.5 Å². The first-order valence-electron chi connectivity index (χ1n) is 8.15. The highest BCUT2D eigenvalue weighted by Crippen LogP contribution is 2.32. The number of thiocarbonyl (C=S) groups is 1. The Morgan fingerprint density at radius 3 is 2.62 bits per heavy atom. The third kappa shape index (κ3) is 5.01. The Balaban J connectivity index is 1.86. The largest absolute Gasteiger partial charge is 0.486 e. The zero-order valence-corrected chi connectivity index (χ0v) is 16.0. The van der Waals surface area contributed by atoms with Crippen molar-refractivity contribution in [3.8, 4) is 11.5 Å². The molecular weight excluding hydrogens is 344 g/mol. The molecule has 7 heteroatoms. The number of carbonyl (C=O) groups excluding carboxylic acids is 1. The lowest BCUT2D eigenvalue weighted by molar-refractivity contribution is -0.119. The molecule has 132 valence electrons. The van der Waals surface area contributed by atoms with E-state index in [4.69, 9.17) is 21.7 Å². The summed E-state index contributed by atoms with van der Waals surface area (Å²) in [6.45, 7) is 8.91. The van der Waals surface area contributed by atoms with Crippen molar-refractivity contribution in [2.24, 2.45) is 0 Å². The van der Waals surface area contributed by atoms with E-state index in [2.05, 4.69) is 24.1 Å². The van der Waals surface area contributed by atoms with Gasteiger partial charge in [-0.25, -0.2) is 0 Å². The maximum Gasteiger partial charge on any atom is 0.230 e. The summed E-state index contributed by atoms with van der Waals surface area (Å²) in [5, 5.41) is 3.00. The lowest BCUT2D eigenvalue weighted by atomic mass is 10.1. The molecule has 0 saturated carbocycles. The van der Waals surface area contributed by atoms with Crippen LogP contribution >= 0.6 is 24.0 Å². The van der Waals surface area contributed by atoms with Crippen LogP contribution in [0.5, 0.6) is 11.5 Å². The van der Waals surface area contributed by atoms with Crippen LogP contribution in [0.2, 0.25) is 0 Å². The molecule has 0 unspecified atom stereocenters. The zero-order chi connectivity index (χ0) is 17.5. The molecule has 0 bridgehead atoms. The summed E-state index contributed by atoms with van der Waals surface area (Å²) in [6, 6.07) is 5.66. The highest BCUT2D eigenvalue weighted by molar-refractivity contribution is 8.23. The van der Waals surface area contributed by atoms with Crippen LogP contribution in [0.4, 0.5) is 0 Å². The van der Waals surface area contributed by atoms with E-state index in [9.17, 15) is 4.79 Å². The van der Waals surface area contributed by atoms with E-state index in [-0.39, 0.29) is 11.9 Å². The van der Waals surface area contributed by atoms with Crippen molar-refractivity contribution >= 4 is 34.2 Å². The fourth-order valence-electron chi connectivity index (χ4n) is 2.40. The third-order valence-corrected chi connectivity index (χ3v) is 5.32. The molecular formula is C17H24N2O3S2. The summed E-state index contributed by atoms with van der Waals surface area (Å²) in [4.78, 5) is 14.2. The number of fused-ring (bicyclic) bond motifs is 1. The lowest BCUT2D eigenvalue weighted by Gasteiger charge is -2.22. The van der Waals surface area contributed by atoms with Crippen LogP contribution in [0, 0.1) is 0 Å². The predicted octanol–water partition coefficient (Wildman–Crippen LogP) is 2.99. The lowest BCUT2D eigenvalue weighted by Crippen LogP contribution is -2.31. The third-order valence-electron chi connectivity index (χ3n) is 3.79. The number of thioether (sulfide) groups is 1. The van der Waals surface area contributed by atoms with Crippen molar-refractivity contribution in [2.45, 2.75) is 26.8 Å². The average Bonchev–Trinajstić information content (AvgIpc) is 2.60. The van der Waals surface area contributed by atoms with E-state index in [0.29, 0.717) is 19.0 Å². The van der Waals surface area contributed by atoms with Gasteiger partial charge in [0.05, 0.1) is 11.8 Å². The second-order valence-corrected chi connectivity index (χ2v) is 7.03. The van der Waals surface area contributed by atoms with Gasteiger partial charge in [0.15, 0.2) is 11.5 Å². The summed E-state index contributed by atoms with van der Waals surface area (Å²) >= 11 is 6.75. The number of rotatable bonds is 6. The van der Waals surface area contributed by atoms with Gasteiger partial charge in [-0.05, 0) is 38.5 Å². The minimum Gasteiger partial charge on any atom is -0.486 e. The van der Waals surface area contributed by atoms with Crippen LogP contribution in [0.1, 0.15) is 32.4 Å². The molecule has 2 rings (SSSR count). The average molecular weight is 369 g/mol. The topological polar surface area (TPSA) is 50.8 Å².